The Morgan fingerprint density at radius 3 is 2.21 bits per heavy atom. The van der Waals surface area contributed by atoms with Crippen LogP contribution in [0.4, 0.5) is 23.2 Å². The van der Waals surface area contributed by atoms with Crippen molar-refractivity contribution in [1.82, 2.24) is 15.2 Å². The lowest BCUT2D eigenvalue weighted by Crippen LogP contribution is -2.45. The van der Waals surface area contributed by atoms with Gasteiger partial charge in [-0.1, -0.05) is 18.2 Å². The highest BCUT2D eigenvalue weighted by molar-refractivity contribution is 5.85. The third-order valence-corrected chi connectivity index (χ3v) is 5.90. The molecule has 3 atom stereocenters. The fourth-order valence-corrected chi connectivity index (χ4v) is 3.55. The Labute approximate surface area is 248 Å². The number of carbonyl (C=O) groups excluding carboxylic acids is 3. The number of amides is 2. The first-order chi connectivity index (χ1) is 20.4. The molecule has 0 spiro atoms. The Balaban J connectivity index is 0.000000369. The first kappa shape index (κ1) is 37.0. The summed E-state index contributed by atoms with van der Waals surface area (Å²) in [5.74, 6) is -0.700. The Morgan fingerprint density at radius 1 is 1.05 bits per heavy atom. The van der Waals surface area contributed by atoms with Gasteiger partial charge in [0, 0.05) is 49.9 Å². The summed E-state index contributed by atoms with van der Waals surface area (Å²) in [6, 6.07) is 10.9. The first-order valence-corrected chi connectivity index (χ1v) is 13.3. The van der Waals surface area contributed by atoms with Crippen LogP contribution in [0.15, 0.2) is 60.8 Å². The number of benzene rings is 2. The molecule has 43 heavy (non-hydrogen) atoms. The van der Waals surface area contributed by atoms with Crippen molar-refractivity contribution in [2.24, 2.45) is 17.2 Å². The number of aromatic nitrogens is 1. The van der Waals surface area contributed by atoms with Crippen LogP contribution in [0.1, 0.15) is 30.6 Å². The standard InChI is InChI=1S/C14H16F4N2O2.C10H8N2O.C5H15N3/c1-8(20-13(22)11(19)6-7-21)12(15)9-2-4-10(5-3-9)14(16,17)18;13-7-12-9-3-4-10-8(6-9)2-1-5-11-10;1-8(4-2-6)5-3-7/h2-5,7-8,11-12H,6,19H2,1H3,(H,20,22);1-7H,(H,12,13);2-7H2,1H3. The molecular formula is C29H39F4N7O3. The number of hydrogen-bond acceptors (Lipinski definition) is 8. The molecule has 1 heterocycles. The highest BCUT2D eigenvalue weighted by Gasteiger charge is 2.31. The van der Waals surface area contributed by atoms with Gasteiger partial charge in [-0.15, -0.1) is 0 Å². The number of pyridine rings is 1. The summed E-state index contributed by atoms with van der Waals surface area (Å²) in [6.07, 6.45) is -3.51. The molecular weight excluding hydrogens is 570 g/mol. The molecule has 0 aliphatic heterocycles. The Bertz CT molecular complexity index is 1260. The molecule has 10 nitrogen and oxygen atoms in total. The SMILES string of the molecule is CC(NC(=O)C(N)CC=O)C(F)c1ccc(C(F)(F)F)cc1.CN(CCN)CCN.O=CNc1ccc2ncccc2c1. The van der Waals surface area contributed by atoms with E-state index in [2.05, 4.69) is 20.5 Å². The van der Waals surface area contributed by atoms with E-state index in [-0.39, 0.29) is 12.0 Å². The second-order valence-electron chi connectivity index (χ2n) is 9.38. The molecule has 3 aromatic rings. The normalized spacial score (nSPS) is 13.0. The second-order valence-corrected chi connectivity index (χ2v) is 9.38. The van der Waals surface area contributed by atoms with Crippen LogP contribution < -0.4 is 27.8 Å². The predicted molar refractivity (Wildman–Crippen MR) is 159 cm³/mol. The highest BCUT2D eigenvalue weighted by atomic mass is 19.4. The molecule has 2 amide bonds. The molecule has 0 radical (unpaired) electrons. The van der Waals surface area contributed by atoms with Gasteiger partial charge in [0.15, 0.2) is 0 Å². The largest absolute Gasteiger partial charge is 0.416 e. The van der Waals surface area contributed by atoms with Crippen LogP contribution >= 0.6 is 0 Å². The van der Waals surface area contributed by atoms with Crippen molar-refractivity contribution >= 4 is 35.2 Å². The zero-order valence-corrected chi connectivity index (χ0v) is 24.1. The van der Waals surface area contributed by atoms with Crippen LogP contribution in [0.5, 0.6) is 0 Å². The van der Waals surface area contributed by atoms with Gasteiger partial charge in [-0.3, -0.25) is 14.6 Å². The number of fused-ring (bicyclic) bond motifs is 1. The van der Waals surface area contributed by atoms with E-state index in [1.165, 1.54) is 6.92 Å². The van der Waals surface area contributed by atoms with Crippen LogP contribution in [0.2, 0.25) is 0 Å². The van der Waals surface area contributed by atoms with E-state index < -0.39 is 35.9 Å². The summed E-state index contributed by atoms with van der Waals surface area (Å²) in [5.41, 5.74) is 16.8. The zero-order valence-electron chi connectivity index (χ0n) is 24.1. The van der Waals surface area contributed by atoms with Crippen LogP contribution in [-0.2, 0) is 20.6 Å². The smallest absolute Gasteiger partial charge is 0.349 e. The summed E-state index contributed by atoms with van der Waals surface area (Å²) in [6.45, 7) is 4.68. The van der Waals surface area contributed by atoms with Crippen molar-refractivity contribution in [3.8, 4) is 0 Å². The molecule has 0 aliphatic rings. The number of nitrogens with one attached hydrogen (secondary N) is 2. The number of nitrogens with two attached hydrogens (primary N) is 3. The molecule has 3 rings (SSSR count). The fraction of sp³-hybridized carbons (Fsp3) is 0.379. The van der Waals surface area contributed by atoms with Gasteiger partial charge in [-0.25, -0.2) is 4.39 Å². The van der Waals surface area contributed by atoms with Gasteiger partial charge in [-0.2, -0.15) is 13.2 Å². The molecule has 0 fully saturated rings. The Hall–Kier alpha value is -3.98. The Kier molecular flexibility index (Phi) is 16.6. The van der Waals surface area contributed by atoms with E-state index in [0.29, 0.717) is 12.7 Å². The van der Waals surface area contributed by atoms with Gasteiger partial charge in [0.2, 0.25) is 12.3 Å². The third kappa shape index (κ3) is 13.7. The van der Waals surface area contributed by atoms with Gasteiger partial charge in [0.05, 0.1) is 23.2 Å². The van der Waals surface area contributed by atoms with Crippen molar-refractivity contribution < 1.29 is 31.9 Å². The number of carbonyl (C=O) groups is 3. The minimum atomic E-state index is -4.49. The number of nitrogens with zero attached hydrogens (tertiary/aromatic N) is 2. The van der Waals surface area contributed by atoms with Crippen molar-refractivity contribution in [3.63, 3.8) is 0 Å². The van der Waals surface area contributed by atoms with Crippen LogP contribution in [-0.4, -0.2) is 73.8 Å². The summed E-state index contributed by atoms with van der Waals surface area (Å²) < 4.78 is 51.4. The monoisotopic (exact) mass is 609 g/mol. The van der Waals surface area contributed by atoms with Gasteiger partial charge < -0.3 is 37.5 Å². The zero-order chi connectivity index (χ0) is 32.4. The number of aldehydes is 1. The van der Waals surface area contributed by atoms with Gasteiger partial charge >= 0.3 is 6.18 Å². The van der Waals surface area contributed by atoms with Gasteiger partial charge in [0.1, 0.15) is 12.5 Å². The average molecular weight is 610 g/mol. The van der Waals surface area contributed by atoms with Crippen molar-refractivity contribution in [2.45, 2.75) is 37.8 Å². The molecule has 8 N–H and O–H groups in total. The molecule has 0 saturated heterocycles. The van der Waals surface area contributed by atoms with E-state index in [4.69, 9.17) is 17.2 Å². The molecule has 2 aromatic carbocycles. The van der Waals surface area contributed by atoms with E-state index in [0.717, 1.165) is 67.0 Å². The number of rotatable bonds is 12. The average Bonchev–Trinajstić information content (AvgIpc) is 2.97. The minimum absolute atomic E-state index is 0.00441. The summed E-state index contributed by atoms with van der Waals surface area (Å²) in [4.78, 5) is 38.3. The van der Waals surface area contributed by atoms with Crippen LogP contribution in [0, 0.1) is 0 Å². The molecule has 0 aliphatic carbocycles. The van der Waals surface area contributed by atoms with Crippen molar-refractivity contribution in [2.75, 3.05) is 38.5 Å². The highest BCUT2D eigenvalue weighted by Crippen LogP contribution is 2.31. The predicted octanol–water partition coefficient (Wildman–Crippen LogP) is 2.78. The lowest BCUT2D eigenvalue weighted by atomic mass is 10.0. The first-order valence-electron chi connectivity index (χ1n) is 13.3. The van der Waals surface area contributed by atoms with Crippen molar-refractivity contribution in [1.29, 1.82) is 0 Å². The maximum atomic E-state index is 14.2. The maximum absolute atomic E-state index is 14.2. The van der Waals surface area contributed by atoms with E-state index >= 15 is 0 Å². The maximum Gasteiger partial charge on any atom is 0.416 e. The molecule has 0 saturated carbocycles. The van der Waals surface area contributed by atoms with E-state index in [1.807, 2.05) is 37.4 Å². The number of hydrogen-bond donors (Lipinski definition) is 5. The topological polar surface area (TPSA) is 169 Å². The lowest BCUT2D eigenvalue weighted by molar-refractivity contribution is -0.137. The van der Waals surface area contributed by atoms with E-state index in [9.17, 15) is 31.9 Å². The van der Waals surface area contributed by atoms with Crippen molar-refractivity contribution in [3.05, 3.63) is 71.9 Å². The quantitative estimate of drug-likeness (QED) is 0.154. The van der Waals surface area contributed by atoms with Gasteiger partial charge in [0.25, 0.3) is 0 Å². The van der Waals surface area contributed by atoms with Crippen LogP contribution in [0.3, 0.4) is 0 Å². The van der Waals surface area contributed by atoms with Gasteiger partial charge in [-0.05, 0) is 55.9 Å². The summed E-state index contributed by atoms with van der Waals surface area (Å²) in [5, 5.41) is 5.90. The number of alkyl halides is 4. The van der Waals surface area contributed by atoms with E-state index in [1.54, 1.807) is 6.20 Å². The second kappa shape index (κ2) is 19.3. The molecule has 236 valence electrons. The fourth-order valence-electron chi connectivity index (χ4n) is 3.55. The molecule has 1 aromatic heterocycles. The van der Waals surface area contributed by atoms with Crippen LogP contribution in [0.25, 0.3) is 10.9 Å². The molecule has 14 heteroatoms. The Morgan fingerprint density at radius 2 is 1.67 bits per heavy atom. The molecule has 0 bridgehead atoms. The summed E-state index contributed by atoms with van der Waals surface area (Å²) >= 11 is 0. The molecule has 3 unspecified atom stereocenters. The lowest BCUT2D eigenvalue weighted by Gasteiger charge is -2.20. The number of halogens is 4. The third-order valence-electron chi connectivity index (χ3n) is 5.90. The summed E-state index contributed by atoms with van der Waals surface area (Å²) in [7, 11) is 2.01. The minimum Gasteiger partial charge on any atom is -0.349 e. The number of anilines is 1. The number of likely N-dealkylation sites (N-methyl/N-ethyl adjacent to an activating group) is 1.